The summed E-state index contributed by atoms with van der Waals surface area (Å²) in [5.41, 5.74) is 6.12. The van der Waals surface area contributed by atoms with Crippen LogP contribution in [0.15, 0.2) is 21.9 Å². The molecular formula is C17H21N3O3S. The van der Waals surface area contributed by atoms with Crippen LogP contribution in [0.2, 0.25) is 0 Å². The number of amides is 2. The Balaban J connectivity index is 1.68. The highest BCUT2D eigenvalue weighted by molar-refractivity contribution is 7.13. The second-order valence-corrected chi connectivity index (χ2v) is 7.16. The molecule has 0 aromatic carbocycles. The van der Waals surface area contributed by atoms with E-state index in [2.05, 4.69) is 4.98 Å². The zero-order valence-electron chi connectivity index (χ0n) is 13.8. The summed E-state index contributed by atoms with van der Waals surface area (Å²) in [7, 11) is 0. The van der Waals surface area contributed by atoms with Crippen molar-refractivity contribution in [3.63, 3.8) is 0 Å². The maximum absolute atomic E-state index is 12.6. The Morgan fingerprint density at radius 3 is 2.88 bits per heavy atom. The minimum absolute atomic E-state index is 0.0130. The number of furan rings is 1. The number of piperidine rings is 1. The first-order chi connectivity index (χ1) is 11.4. The number of carbonyl (C=O) groups is 2. The van der Waals surface area contributed by atoms with E-state index in [1.165, 1.54) is 11.3 Å². The van der Waals surface area contributed by atoms with Crippen molar-refractivity contribution >= 4 is 23.2 Å². The molecule has 2 aromatic rings. The van der Waals surface area contributed by atoms with Gasteiger partial charge in [-0.05, 0) is 38.8 Å². The van der Waals surface area contributed by atoms with Gasteiger partial charge in [0.15, 0.2) is 10.8 Å². The smallest absolute Gasteiger partial charge is 0.228 e. The highest BCUT2D eigenvalue weighted by Gasteiger charge is 2.31. The Kier molecular flexibility index (Phi) is 4.71. The van der Waals surface area contributed by atoms with Gasteiger partial charge in [-0.2, -0.15) is 0 Å². The van der Waals surface area contributed by atoms with Crippen LogP contribution in [0.4, 0.5) is 0 Å². The third-order valence-corrected chi connectivity index (χ3v) is 5.35. The van der Waals surface area contributed by atoms with Gasteiger partial charge in [-0.25, -0.2) is 4.98 Å². The maximum Gasteiger partial charge on any atom is 0.228 e. The van der Waals surface area contributed by atoms with Crippen molar-refractivity contribution in [2.75, 3.05) is 6.54 Å². The molecule has 3 rings (SSSR count). The van der Waals surface area contributed by atoms with Gasteiger partial charge in [0, 0.05) is 18.0 Å². The molecule has 2 amide bonds. The molecule has 2 aromatic heterocycles. The Hall–Kier alpha value is -2.15. The van der Waals surface area contributed by atoms with Crippen LogP contribution in [0, 0.1) is 12.8 Å². The number of primary amides is 1. The summed E-state index contributed by atoms with van der Waals surface area (Å²) in [6.07, 6.45) is 1.78. The lowest BCUT2D eigenvalue weighted by atomic mass is 9.92. The molecule has 7 heteroatoms. The van der Waals surface area contributed by atoms with E-state index < -0.39 is 0 Å². The molecule has 0 saturated carbocycles. The van der Waals surface area contributed by atoms with Gasteiger partial charge in [-0.3, -0.25) is 9.59 Å². The molecule has 2 N–H and O–H groups in total. The SMILES string of the molecule is Cc1ccc(-c2nc(CC(=O)N3C[C@H](C(N)=O)CC[C@H]3C)cs2)o1. The molecule has 0 radical (unpaired) electrons. The monoisotopic (exact) mass is 347 g/mol. The number of carbonyl (C=O) groups excluding carboxylic acids is 2. The Labute approximate surface area is 144 Å². The van der Waals surface area contributed by atoms with Crippen molar-refractivity contribution in [3.8, 4) is 10.8 Å². The number of hydrogen-bond donors (Lipinski definition) is 1. The van der Waals surface area contributed by atoms with Crippen molar-refractivity contribution in [1.82, 2.24) is 9.88 Å². The molecule has 3 heterocycles. The van der Waals surface area contributed by atoms with Crippen LogP contribution < -0.4 is 5.73 Å². The largest absolute Gasteiger partial charge is 0.459 e. The first-order valence-electron chi connectivity index (χ1n) is 8.04. The molecule has 0 unspecified atom stereocenters. The normalized spacial score (nSPS) is 21.0. The standard InChI is InChI=1S/C17H21N3O3S/c1-10-3-5-12(16(18)22)8-20(10)15(21)7-13-9-24-17(19-13)14-6-4-11(2)23-14/h4,6,9-10,12H,3,5,7-8H2,1-2H3,(H2,18,22)/t10-,12-/m1/s1. The minimum atomic E-state index is -0.330. The van der Waals surface area contributed by atoms with Crippen molar-refractivity contribution in [2.24, 2.45) is 11.7 Å². The van der Waals surface area contributed by atoms with E-state index in [-0.39, 0.29) is 30.2 Å². The average molecular weight is 347 g/mol. The minimum Gasteiger partial charge on any atom is -0.459 e. The van der Waals surface area contributed by atoms with E-state index in [0.29, 0.717) is 6.54 Å². The molecule has 1 aliphatic heterocycles. The fourth-order valence-corrected chi connectivity index (χ4v) is 3.77. The third kappa shape index (κ3) is 3.51. The predicted octanol–water partition coefficient (Wildman–Crippen LogP) is 2.37. The zero-order chi connectivity index (χ0) is 17.3. The summed E-state index contributed by atoms with van der Waals surface area (Å²) < 4.78 is 5.56. The first-order valence-corrected chi connectivity index (χ1v) is 8.92. The molecular weight excluding hydrogens is 326 g/mol. The van der Waals surface area contributed by atoms with Gasteiger partial charge in [0.05, 0.1) is 18.0 Å². The number of nitrogens with two attached hydrogens (primary N) is 1. The van der Waals surface area contributed by atoms with E-state index in [0.717, 1.165) is 35.1 Å². The van der Waals surface area contributed by atoms with Crippen molar-refractivity contribution in [2.45, 2.75) is 39.2 Å². The number of aromatic nitrogens is 1. The van der Waals surface area contributed by atoms with Crippen LogP contribution in [0.25, 0.3) is 10.8 Å². The van der Waals surface area contributed by atoms with Crippen molar-refractivity contribution in [3.05, 3.63) is 29.0 Å². The molecule has 1 fully saturated rings. The molecule has 24 heavy (non-hydrogen) atoms. The van der Waals surface area contributed by atoms with E-state index in [1.807, 2.05) is 31.4 Å². The Morgan fingerprint density at radius 1 is 1.42 bits per heavy atom. The van der Waals surface area contributed by atoms with Crippen LogP contribution >= 0.6 is 11.3 Å². The van der Waals surface area contributed by atoms with Crippen LogP contribution in [0.3, 0.4) is 0 Å². The molecule has 0 bridgehead atoms. The zero-order valence-corrected chi connectivity index (χ0v) is 14.6. The number of rotatable bonds is 4. The van der Waals surface area contributed by atoms with Gasteiger partial charge in [-0.1, -0.05) is 0 Å². The third-order valence-electron chi connectivity index (χ3n) is 4.44. The molecule has 2 atom stereocenters. The first kappa shape index (κ1) is 16.7. The second-order valence-electron chi connectivity index (χ2n) is 6.30. The van der Waals surface area contributed by atoms with Gasteiger partial charge < -0.3 is 15.1 Å². The fourth-order valence-electron chi connectivity index (χ4n) is 2.99. The van der Waals surface area contributed by atoms with E-state index in [1.54, 1.807) is 4.90 Å². The Morgan fingerprint density at radius 2 is 2.21 bits per heavy atom. The fraction of sp³-hybridized carbons (Fsp3) is 0.471. The summed E-state index contributed by atoms with van der Waals surface area (Å²) in [4.78, 5) is 30.3. The summed E-state index contributed by atoms with van der Waals surface area (Å²) in [5.74, 6) is 0.959. The summed E-state index contributed by atoms with van der Waals surface area (Å²) >= 11 is 1.46. The quantitative estimate of drug-likeness (QED) is 0.919. The van der Waals surface area contributed by atoms with E-state index >= 15 is 0 Å². The summed E-state index contributed by atoms with van der Waals surface area (Å²) in [6, 6.07) is 3.89. The highest BCUT2D eigenvalue weighted by Crippen LogP contribution is 2.27. The van der Waals surface area contributed by atoms with Gasteiger partial charge in [0.2, 0.25) is 11.8 Å². The number of thiazole rings is 1. The van der Waals surface area contributed by atoms with Crippen LogP contribution in [-0.2, 0) is 16.0 Å². The topological polar surface area (TPSA) is 89.4 Å². The Bertz CT molecular complexity index is 752. The highest BCUT2D eigenvalue weighted by atomic mass is 32.1. The van der Waals surface area contributed by atoms with Gasteiger partial charge in [0.25, 0.3) is 0 Å². The van der Waals surface area contributed by atoms with Crippen LogP contribution in [-0.4, -0.2) is 34.3 Å². The summed E-state index contributed by atoms with van der Waals surface area (Å²) in [6.45, 7) is 4.30. The number of aryl methyl sites for hydroxylation is 1. The number of hydrogen-bond acceptors (Lipinski definition) is 5. The molecule has 0 aliphatic carbocycles. The van der Waals surface area contributed by atoms with Crippen molar-refractivity contribution < 1.29 is 14.0 Å². The van der Waals surface area contributed by atoms with Crippen LogP contribution in [0.1, 0.15) is 31.2 Å². The lowest BCUT2D eigenvalue weighted by Crippen LogP contribution is -2.49. The average Bonchev–Trinajstić information content (AvgIpc) is 3.16. The van der Waals surface area contributed by atoms with Crippen LogP contribution in [0.5, 0.6) is 0 Å². The van der Waals surface area contributed by atoms with E-state index in [9.17, 15) is 9.59 Å². The molecule has 6 nitrogen and oxygen atoms in total. The number of likely N-dealkylation sites (tertiary alicyclic amines) is 1. The molecule has 0 spiro atoms. The van der Waals surface area contributed by atoms with Gasteiger partial charge >= 0.3 is 0 Å². The molecule has 1 aliphatic rings. The molecule has 1 saturated heterocycles. The maximum atomic E-state index is 12.6. The predicted molar refractivity (Wildman–Crippen MR) is 91.4 cm³/mol. The van der Waals surface area contributed by atoms with E-state index in [4.69, 9.17) is 10.2 Å². The lowest BCUT2D eigenvalue weighted by Gasteiger charge is -2.36. The lowest BCUT2D eigenvalue weighted by molar-refractivity contribution is -0.137. The number of nitrogens with zero attached hydrogens (tertiary/aromatic N) is 2. The molecule has 128 valence electrons. The van der Waals surface area contributed by atoms with Gasteiger partial charge in [-0.15, -0.1) is 11.3 Å². The van der Waals surface area contributed by atoms with Gasteiger partial charge in [0.1, 0.15) is 5.76 Å². The summed E-state index contributed by atoms with van der Waals surface area (Å²) in [5, 5.41) is 2.65. The second kappa shape index (κ2) is 6.76. The van der Waals surface area contributed by atoms with Crippen molar-refractivity contribution in [1.29, 1.82) is 0 Å².